The van der Waals surface area contributed by atoms with Crippen LogP contribution < -0.4 is 4.90 Å². The number of rotatable bonds is 1. The van der Waals surface area contributed by atoms with Crippen LogP contribution in [-0.4, -0.2) is 6.04 Å². The number of para-hydroxylation sites is 1. The second kappa shape index (κ2) is 3.42. The topological polar surface area (TPSA) is 32.7 Å². The predicted octanol–water partition coefficient (Wildman–Crippen LogP) is 3.70. The maximum Gasteiger partial charge on any atom is 0.108 e. The SMILES string of the molecule is O=Nc1ccc2c(c1)CC1Cc3ccccc3N21. The van der Waals surface area contributed by atoms with Gasteiger partial charge in [-0.2, -0.15) is 0 Å². The first-order valence-corrected chi connectivity index (χ1v) is 6.20. The van der Waals surface area contributed by atoms with Crippen molar-refractivity contribution in [2.45, 2.75) is 18.9 Å². The fraction of sp³-hybridized carbons (Fsp3) is 0.200. The van der Waals surface area contributed by atoms with Crippen molar-refractivity contribution in [3.8, 4) is 0 Å². The maximum atomic E-state index is 10.6. The van der Waals surface area contributed by atoms with Crippen molar-refractivity contribution in [2.75, 3.05) is 4.90 Å². The maximum absolute atomic E-state index is 10.6. The molecule has 0 aromatic heterocycles. The monoisotopic (exact) mass is 236 g/mol. The van der Waals surface area contributed by atoms with E-state index in [1.54, 1.807) is 6.07 Å². The molecule has 0 spiro atoms. The van der Waals surface area contributed by atoms with Crippen LogP contribution >= 0.6 is 0 Å². The van der Waals surface area contributed by atoms with Gasteiger partial charge in [0.2, 0.25) is 0 Å². The normalized spacial score (nSPS) is 19.3. The Hall–Kier alpha value is -2.16. The van der Waals surface area contributed by atoms with Crippen molar-refractivity contribution >= 4 is 17.1 Å². The summed E-state index contributed by atoms with van der Waals surface area (Å²) in [6.45, 7) is 0. The van der Waals surface area contributed by atoms with Gasteiger partial charge in [0.15, 0.2) is 0 Å². The summed E-state index contributed by atoms with van der Waals surface area (Å²) in [5.74, 6) is 0. The first kappa shape index (κ1) is 9.83. The van der Waals surface area contributed by atoms with E-state index >= 15 is 0 Å². The molecule has 0 N–H and O–H groups in total. The highest BCUT2D eigenvalue weighted by molar-refractivity contribution is 5.77. The smallest absolute Gasteiger partial charge is 0.108 e. The number of hydrogen-bond donors (Lipinski definition) is 0. The summed E-state index contributed by atoms with van der Waals surface area (Å²) in [6.07, 6.45) is 2.10. The number of nitroso groups, excluding NO2 is 1. The molecule has 0 saturated carbocycles. The average Bonchev–Trinajstić information content (AvgIpc) is 2.92. The molecule has 1 unspecified atom stereocenters. The van der Waals surface area contributed by atoms with E-state index in [0.717, 1.165) is 12.8 Å². The largest absolute Gasteiger partial charge is 0.337 e. The van der Waals surface area contributed by atoms with Crippen LogP contribution in [0.2, 0.25) is 0 Å². The van der Waals surface area contributed by atoms with Crippen LogP contribution in [0.25, 0.3) is 0 Å². The Morgan fingerprint density at radius 3 is 2.67 bits per heavy atom. The van der Waals surface area contributed by atoms with Crippen LogP contribution in [0.1, 0.15) is 11.1 Å². The van der Waals surface area contributed by atoms with Crippen molar-refractivity contribution in [3.63, 3.8) is 0 Å². The summed E-state index contributed by atoms with van der Waals surface area (Å²) in [7, 11) is 0. The van der Waals surface area contributed by atoms with Gasteiger partial charge in [0.05, 0.1) is 0 Å². The number of anilines is 2. The van der Waals surface area contributed by atoms with Gasteiger partial charge in [0.25, 0.3) is 0 Å². The molecule has 18 heavy (non-hydrogen) atoms. The highest BCUT2D eigenvalue weighted by Gasteiger charge is 2.36. The van der Waals surface area contributed by atoms with Gasteiger partial charge >= 0.3 is 0 Å². The lowest BCUT2D eigenvalue weighted by molar-refractivity contribution is 0.725. The van der Waals surface area contributed by atoms with Crippen molar-refractivity contribution in [2.24, 2.45) is 5.18 Å². The van der Waals surface area contributed by atoms with E-state index in [2.05, 4.69) is 34.3 Å². The minimum atomic E-state index is 0.513. The van der Waals surface area contributed by atoms with Crippen molar-refractivity contribution in [1.29, 1.82) is 0 Å². The van der Waals surface area contributed by atoms with E-state index in [1.807, 2.05) is 12.1 Å². The van der Waals surface area contributed by atoms with E-state index < -0.39 is 0 Å². The molecule has 0 amide bonds. The van der Waals surface area contributed by atoms with Crippen molar-refractivity contribution < 1.29 is 0 Å². The van der Waals surface area contributed by atoms with Gasteiger partial charge in [0.1, 0.15) is 5.69 Å². The third kappa shape index (κ3) is 1.19. The number of fused-ring (bicyclic) bond motifs is 5. The third-order valence-electron chi connectivity index (χ3n) is 3.96. The van der Waals surface area contributed by atoms with Crippen LogP contribution in [0.3, 0.4) is 0 Å². The summed E-state index contributed by atoms with van der Waals surface area (Å²) < 4.78 is 0. The Labute approximate surface area is 105 Å². The van der Waals surface area contributed by atoms with Crippen LogP contribution in [0.4, 0.5) is 17.1 Å². The molecule has 0 fully saturated rings. The Bertz CT molecular complexity index is 651. The molecule has 0 aliphatic carbocycles. The molecule has 0 saturated heterocycles. The molecule has 2 heterocycles. The fourth-order valence-corrected chi connectivity index (χ4v) is 3.23. The third-order valence-corrected chi connectivity index (χ3v) is 3.96. The molecule has 2 aliphatic heterocycles. The highest BCUT2D eigenvalue weighted by atomic mass is 16.3. The summed E-state index contributed by atoms with van der Waals surface area (Å²) in [5, 5.41) is 3.02. The van der Waals surface area contributed by atoms with Crippen LogP contribution in [0, 0.1) is 4.91 Å². The molecule has 3 heteroatoms. The first-order chi connectivity index (χ1) is 8.86. The van der Waals surface area contributed by atoms with Crippen LogP contribution in [-0.2, 0) is 12.8 Å². The lowest BCUT2D eigenvalue weighted by Gasteiger charge is -2.20. The lowest BCUT2D eigenvalue weighted by Crippen LogP contribution is -2.22. The molecule has 1 atom stereocenters. The Morgan fingerprint density at radius 1 is 1.00 bits per heavy atom. The molecular weight excluding hydrogens is 224 g/mol. The van der Waals surface area contributed by atoms with Gasteiger partial charge in [-0.05, 0) is 53.4 Å². The predicted molar refractivity (Wildman–Crippen MR) is 71.7 cm³/mol. The minimum absolute atomic E-state index is 0.513. The van der Waals surface area contributed by atoms with E-state index in [4.69, 9.17) is 0 Å². The highest BCUT2D eigenvalue weighted by Crippen LogP contribution is 2.46. The number of hydrogen-bond acceptors (Lipinski definition) is 3. The van der Waals surface area contributed by atoms with Gasteiger partial charge in [-0.3, -0.25) is 0 Å². The second-order valence-electron chi connectivity index (χ2n) is 4.97. The summed E-state index contributed by atoms with van der Waals surface area (Å²) in [5.41, 5.74) is 5.74. The molecule has 2 aromatic carbocycles. The summed E-state index contributed by atoms with van der Waals surface area (Å²) in [6, 6.07) is 14.8. The minimum Gasteiger partial charge on any atom is -0.337 e. The zero-order valence-electron chi connectivity index (χ0n) is 9.84. The standard InChI is InChI=1S/C15H12N2O/c18-16-12-5-6-15-11(7-12)9-13-8-10-3-1-2-4-14(10)17(13)15/h1-7,13H,8-9H2. The fourth-order valence-electron chi connectivity index (χ4n) is 3.23. The molecule has 3 nitrogen and oxygen atoms in total. The number of nitrogens with zero attached hydrogens (tertiary/aromatic N) is 2. The average molecular weight is 236 g/mol. The van der Waals surface area contributed by atoms with E-state index in [0.29, 0.717) is 11.7 Å². The van der Waals surface area contributed by atoms with E-state index in [1.165, 1.54) is 22.5 Å². The van der Waals surface area contributed by atoms with Crippen LogP contribution in [0.5, 0.6) is 0 Å². The summed E-state index contributed by atoms with van der Waals surface area (Å²) >= 11 is 0. The van der Waals surface area contributed by atoms with Gasteiger partial charge < -0.3 is 4.90 Å². The summed E-state index contributed by atoms with van der Waals surface area (Å²) in [4.78, 5) is 13.0. The van der Waals surface area contributed by atoms with E-state index in [9.17, 15) is 4.91 Å². The Balaban J connectivity index is 1.87. The van der Waals surface area contributed by atoms with Crippen molar-refractivity contribution in [1.82, 2.24) is 0 Å². The molecule has 0 bridgehead atoms. The molecule has 88 valence electrons. The molecule has 4 rings (SSSR count). The van der Waals surface area contributed by atoms with Crippen molar-refractivity contribution in [3.05, 3.63) is 58.5 Å². The van der Waals surface area contributed by atoms with Gasteiger partial charge in [0, 0.05) is 17.4 Å². The molecule has 0 radical (unpaired) electrons. The van der Waals surface area contributed by atoms with Crippen LogP contribution in [0.15, 0.2) is 47.6 Å². The molecular formula is C15H12N2O. The molecule has 2 aromatic rings. The van der Waals surface area contributed by atoms with Gasteiger partial charge in [-0.1, -0.05) is 18.2 Å². The quantitative estimate of drug-likeness (QED) is 0.707. The first-order valence-electron chi connectivity index (χ1n) is 6.20. The Kier molecular flexibility index (Phi) is 1.87. The second-order valence-corrected chi connectivity index (χ2v) is 4.97. The van der Waals surface area contributed by atoms with Gasteiger partial charge in [-0.25, -0.2) is 0 Å². The molecule has 2 aliphatic rings. The zero-order valence-corrected chi connectivity index (χ0v) is 9.84. The van der Waals surface area contributed by atoms with E-state index in [-0.39, 0.29) is 0 Å². The zero-order chi connectivity index (χ0) is 12.1. The lowest BCUT2D eigenvalue weighted by atomic mass is 10.0. The number of benzene rings is 2. The van der Waals surface area contributed by atoms with Gasteiger partial charge in [-0.15, -0.1) is 4.91 Å². The Morgan fingerprint density at radius 2 is 1.78 bits per heavy atom.